The highest BCUT2D eigenvalue weighted by molar-refractivity contribution is 6.01. The molecular formula is C27H32O8. The van der Waals surface area contributed by atoms with Crippen molar-refractivity contribution in [2.45, 2.75) is 71.8 Å². The molecule has 2 rings (SSSR count). The number of carbonyl (C=O) groups excluding carboxylic acids is 4. The zero-order valence-electron chi connectivity index (χ0n) is 20.6. The van der Waals surface area contributed by atoms with E-state index in [2.05, 4.69) is 11.8 Å². The number of ether oxygens (including phenoxy) is 2. The summed E-state index contributed by atoms with van der Waals surface area (Å²) in [6.45, 7) is 7.10. The van der Waals surface area contributed by atoms with Crippen LogP contribution in [0, 0.1) is 0 Å². The van der Waals surface area contributed by atoms with E-state index in [1.165, 1.54) is 30.3 Å². The first kappa shape index (κ1) is 27.6. The van der Waals surface area contributed by atoms with E-state index in [0.717, 1.165) is 32.1 Å². The van der Waals surface area contributed by atoms with Gasteiger partial charge >= 0.3 is 18.1 Å². The minimum Gasteiger partial charge on any atom is -0.428 e. The number of benzene rings is 2. The largest absolute Gasteiger partial charge is 0.514 e. The molecule has 0 aliphatic heterocycles. The van der Waals surface area contributed by atoms with E-state index in [-0.39, 0.29) is 28.2 Å². The standard InChI is InChI=1S/C27H32O8/c1-5-6-7-8-12-15-22(28)20-16-17-23(32-26(31)33-27(2,3)4)21(18-20)25(30)35-34-24(29)19-13-10-9-11-14-19/h9-11,13-14,16-18H,5-8,12,15H2,1-4H3. The summed E-state index contributed by atoms with van der Waals surface area (Å²) in [7, 11) is 0. The van der Waals surface area contributed by atoms with Gasteiger partial charge in [0.25, 0.3) is 0 Å². The topological polar surface area (TPSA) is 105 Å². The number of ketones is 1. The van der Waals surface area contributed by atoms with Crippen molar-refractivity contribution in [2.24, 2.45) is 0 Å². The third kappa shape index (κ3) is 9.60. The first-order valence-electron chi connectivity index (χ1n) is 11.7. The van der Waals surface area contributed by atoms with Gasteiger partial charge in [0.1, 0.15) is 16.9 Å². The maximum atomic E-state index is 12.7. The molecule has 2 aromatic carbocycles. The van der Waals surface area contributed by atoms with Crippen LogP contribution in [0.1, 0.15) is 97.3 Å². The van der Waals surface area contributed by atoms with Gasteiger partial charge in [0.2, 0.25) is 0 Å². The van der Waals surface area contributed by atoms with Crippen molar-refractivity contribution in [3.05, 3.63) is 65.2 Å². The van der Waals surface area contributed by atoms with Crippen LogP contribution in [0.5, 0.6) is 5.75 Å². The average Bonchev–Trinajstić information content (AvgIpc) is 2.81. The summed E-state index contributed by atoms with van der Waals surface area (Å²) in [5.41, 5.74) is -0.652. The van der Waals surface area contributed by atoms with Crippen molar-refractivity contribution in [3.63, 3.8) is 0 Å². The summed E-state index contributed by atoms with van der Waals surface area (Å²) in [4.78, 5) is 59.0. The molecule has 0 unspecified atom stereocenters. The molecule has 8 heteroatoms. The molecule has 0 atom stereocenters. The van der Waals surface area contributed by atoms with Crippen molar-refractivity contribution in [3.8, 4) is 5.75 Å². The molecule has 0 amide bonds. The summed E-state index contributed by atoms with van der Waals surface area (Å²) in [6, 6.07) is 12.0. The van der Waals surface area contributed by atoms with Crippen molar-refractivity contribution in [2.75, 3.05) is 0 Å². The van der Waals surface area contributed by atoms with Gasteiger partial charge in [-0.05, 0) is 57.5 Å². The molecule has 0 spiro atoms. The van der Waals surface area contributed by atoms with Gasteiger partial charge in [-0.15, -0.1) is 0 Å². The van der Waals surface area contributed by atoms with Crippen molar-refractivity contribution in [1.82, 2.24) is 0 Å². The quantitative estimate of drug-likeness (QED) is 0.0943. The smallest absolute Gasteiger partial charge is 0.428 e. The summed E-state index contributed by atoms with van der Waals surface area (Å²) in [6.07, 6.45) is 4.20. The number of unbranched alkanes of at least 4 members (excludes halogenated alkanes) is 4. The number of rotatable bonds is 10. The predicted octanol–water partition coefficient (Wildman–Crippen LogP) is 6.47. The van der Waals surface area contributed by atoms with E-state index in [9.17, 15) is 19.2 Å². The van der Waals surface area contributed by atoms with Crippen molar-refractivity contribution >= 4 is 23.9 Å². The number of Topliss-reactive ketones (excluding diaryl/α,β-unsaturated/α-hetero) is 1. The van der Waals surface area contributed by atoms with Gasteiger partial charge < -0.3 is 9.47 Å². The molecule has 0 aliphatic carbocycles. The third-order valence-corrected chi connectivity index (χ3v) is 4.81. The van der Waals surface area contributed by atoms with Gasteiger partial charge in [0.15, 0.2) is 5.78 Å². The van der Waals surface area contributed by atoms with E-state index in [0.29, 0.717) is 6.42 Å². The molecule has 0 radical (unpaired) electrons. The van der Waals surface area contributed by atoms with Gasteiger partial charge in [-0.1, -0.05) is 50.8 Å². The summed E-state index contributed by atoms with van der Waals surface area (Å²) in [5.74, 6) is -2.35. The Hall–Kier alpha value is -3.68. The first-order chi connectivity index (χ1) is 16.6. The molecule has 0 aliphatic rings. The Morgan fingerprint density at radius 1 is 0.771 bits per heavy atom. The molecule has 0 saturated heterocycles. The zero-order valence-corrected chi connectivity index (χ0v) is 20.6. The molecular weight excluding hydrogens is 452 g/mol. The molecule has 35 heavy (non-hydrogen) atoms. The Morgan fingerprint density at radius 2 is 1.43 bits per heavy atom. The highest BCUT2D eigenvalue weighted by Crippen LogP contribution is 2.24. The lowest BCUT2D eigenvalue weighted by molar-refractivity contribution is -0.187. The minimum absolute atomic E-state index is 0.166. The maximum absolute atomic E-state index is 12.7. The van der Waals surface area contributed by atoms with Gasteiger partial charge in [-0.3, -0.25) is 4.79 Å². The summed E-state index contributed by atoms with van der Waals surface area (Å²) in [5, 5.41) is 0. The Balaban J connectivity index is 2.17. The summed E-state index contributed by atoms with van der Waals surface area (Å²) >= 11 is 0. The van der Waals surface area contributed by atoms with E-state index in [4.69, 9.17) is 14.4 Å². The van der Waals surface area contributed by atoms with Crippen LogP contribution in [0.25, 0.3) is 0 Å². The minimum atomic E-state index is -1.11. The monoisotopic (exact) mass is 484 g/mol. The van der Waals surface area contributed by atoms with Crippen molar-refractivity contribution < 1.29 is 38.4 Å². The Kier molecular flexibility index (Phi) is 10.5. The van der Waals surface area contributed by atoms with E-state index in [1.807, 2.05) is 0 Å². The third-order valence-electron chi connectivity index (χ3n) is 4.81. The Labute approximate surface area is 205 Å². The van der Waals surface area contributed by atoms with Gasteiger partial charge in [0.05, 0.1) is 5.56 Å². The second kappa shape index (κ2) is 13.3. The van der Waals surface area contributed by atoms with Gasteiger partial charge in [-0.2, -0.15) is 0 Å². The fourth-order valence-corrected chi connectivity index (χ4v) is 3.09. The Bertz CT molecular complexity index is 1020. The van der Waals surface area contributed by atoms with Crippen LogP contribution in [0.15, 0.2) is 48.5 Å². The molecule has 8 nitrogen and oxygen atoms in total. The summed E-state index contributed by atoms with van der Waals surface area (Å²) < 4.78 is 10.3. The number of hydrogen-bond donors (Lipinski definition) is 0. The second-order valence-electron chi connectivity index (χ2n) is 8.97. The lowest BCUT2D eigenvalue weighted by Crippen LogP contribution is -2.26. The lowest BCUT2D eigenvalue weighted by Gasteiger charge is -2.19. The predicted molar refractivity (Wildman–Crippen MR) is 128 cm³/mol. The highest BCUT2D eigenvalue weighted by Gasteiger charge is 2.24. The first-order valence-corrected chi connectivity index (χ1v) is 11.7. The van der Waals surface area contributed by atoms with Crippen LogP contribution in [-0.4, -0.2) is 29.5 Å². The fourth-order valence-electron chi connectivity index (χ4n) is 3.09. The van der Waals surface area contributed by atoms with E-state index < -0.39 is 23.7 Å². The molecule has 0 aromatic heterocycles. The number of carbonyl (C=O) groups is 4. The molecule has 0 fully saturated rings. The van der Waals surface area contributed by atoms with Crippen LogP contribution in [0.2, 0.25) is 0 Å². The van der Waals surface area contributed by atoms with Crippen LogP contribution in [0.4, 0.5) is 4.79 Å². The molecule has 0 bridgehead atoms. The second-order valence-corrected chi connectivity index (χ2v) is 8.97. The normalized spacial score (nSPS) is 10.9. The van der Waals surface area contributed by atoms with Crippen molar-refractivity contribution in [1.29, 1.82) is 0 Å². The molecule has 2 aromatic rings. The molecule has 0 N–H and O–H groups in total. The number of hydrogen-bond acceptors (Lipinski definition) is 8. The highest BCUT2D eigenvalue weighted by atomic mass is 17.2. The van der Waals surface area contributed by atoms with E-state index in [1.54, 1.807) is 39.0 Å². The fraction of sp³-hybridized carbons (Fsp3) is 0.407. The van der Waals surface area contributed by atoms with Crippen LogP contribution in [0.3, 0.4) is 0 Å². The van der Waals surface area contributed by atoms with Gasteiger partial charge in [-0.25, -0.2) is 24.2 Å². The van der Waals surface area contributed by atoms with Gasteiger partial charge in [0, 0.05) is 12.0 Å². The van der Waals surface area contributed by atoms with E-state index >= 15 is 0 Å². The van der Waals surface area contributed by atoms with Crippen LogP contribution < -0.4 is 4.74 Å². The molecule has 0 saturated carbocycles. The Morgan fingerprint density at radius 3 is 2.09 bits per heavy atom. The lowest BCUT2D eigenvalue weighted by atomic mass is 10.0. The van der Waals surface area contributed by atoms with Crippen LogP contribution >= 0.6 is 0 Å². The maximum Gasteiger partial charge on any atom is 0.514 e. The molecule has 188 valence electrons. The zero-order chi connectivity index (χ0) is 25.8. The molecule has 0 heterocycles. The average molecular weight is 485 g/mol. The SMILES string of the molecule is CCCCCCCC(=O)c1ccc(OC(=O)OC(C)(C)C)c(C(=O)OOC(=O)c2ccccc2)c1. The van der Waals surface area contributed by atoms with Crippen LogP contribution in [-0.2, 0) is 14.5 Å².